The van der Waals surface area contributed by atoms with E-state index in [1.165, 1.54) is 15.7 Å². The van der Waals surface area contributed by atoms with Gasteiger partial charge < -0.3 is 9.47 Å². The molecule has 2 rings (SSSR count). The van der Waals surface area contributed by atoms with Crippen LogP contribution in [0.5, 0.6) is 0 Å². The van der Waals surface area contributed by atoms with Crippen molar-refractivity contribution >= 4 is 22.5 Å². The van der Waals surface area contributed by atoms with Crippen LogP contribution in [-0.2, 0) is 9.47 Å². The van der Waals surface area contributed by atoms with Crippen molar-refractivity contribution in [3.63, 3.8) is 0 Å². The Bertz CT molecular complexity index is 507. The van der Waals surface area contributed by atoms with Gasteiger partial charge in [-0.15, -0.1) is 11.8 Å². The van der Waals surface area contributed by atoms with E-state index in [1.807, 2.05) is 13.8 Å². The quantitative estimate of drug-likeness (QED) is 0.554. The molecule has 0 aromatic heterocycles. The summed E-state index contributed by atoms with van der Waals surface area (Å²) in [5.74, 6) is 0.819. The van der Waals surface area contributed by atoms with Crippen LogP contribution >= 0.6 is 11.8 Å². The van der Waals surface area contributed by atoms with Crippen LogP contribution in [0.3, 0.4) is 0 Å². The maximum absolute atomic E-state index is 5.55. The fraction of sp³-hybridized carbons (Fsp3) is 0.375. The van der Waals surface area contributed by atoms with Crippen LogP contribution in [0, 0.1) is 0 Å². The summed E-state index contributed by atoms with van der Waals surface area (Å²) < 4.78 is 11.1. The molecular weight excluding hydrogens is 256 g/mol. The van der Waals surface area contributed by atoms with Crippen molar-refractivity contribution in [1.29, 1.82) is 0 Å². The van der Waals surface area contributed by atoms with Gasteiger partial charge in [-0.25, -0.2) is 0 Å². The van der Waals surface area contributed by atoms with Crippen LogP contribution in [0.4, 0.5) is 0 Å². The molecule has 0 fully saturated rings. The standard InChI is InChI=1S/C16H20O2S/c1-3-17-16(18-4-2)12-19-15-10-9-13-7-5-6-8-14(13)11-15/h5-11,16H,3-4,12H2,1-2H3. The number of benzene rings is 2. The Morgan fingerprint density at radius 3 is 2.32 bits per heavy atom. The zero-order chi connectivity index (χ0) is 13.5. The van der Waals surface area contributed by atoms with Gasteiger partial charge >= 0.3 is 0 Å². The molecule has 0 saturated carbocycles. The summed E-state index contributed by atoms with van der Waals surface area (Å²) >= 11 is 1.77. The van der Waals surface area contributed by atoms with Crippen molar-refractivity contribution in [2.75, 3.05) is 19.0 Å². The van der Waals surface area contributed by atoms with E-state index in [0.29, 0.717) is 13.2 Å². The Hall–Kier alpha value is -1.03. The van der Waals surface area contributed by atoms with Crippen LogP contribution in [0.2, 0.25) is 0 Å². The molecule has 0 atom stereocenters. The summed E-state index contributed by atoms with van der Waals surface area (Å²) in [5.41, 5.74) is 0. The van der Waals surface area contributed by atoms with Crippen molar-refractivity contribution in [3.05, 3.63) is 42.5 Å². The summed E-state index contributed by atoms with van der Waals surface area (Å²) in [6, 6.07) is 14.9. The lowest BCUT2D eigenvalue weighted by Crippen LogP contribution is -2.19. The largest absolute Gasteiger partial charge is 0.352 e. The van der Waals surface area contributed by atoms with Crippen LogP contribution < -0.4 is 0 Å². The molecule has 0 bridgehead atoms. The van der Waals surface area contributed by atoms with Gasteiger partial charge in [0, 0.05) is 23.9 Å². The van der Waals surface area contributed by atoms with Crippen LogP contribution in [0.15, 0.2) is 47.4 Å². The summed E-state index contributed by atoms with van der Waals surface area (Å²) in [5, 5.41) is 2.55. The van der Waals surface area contributed by atoms with Gasteiger partial charge in [-0.1, -0.05) is 30.3 Å². The summed E-state index contributed by atoms with van der Waals surface area (Å²) in [4.78, 5) is 1.25. The molecule has 0 aliphatic rings. The number of hydrogen-bond donors (Lipinski definition) is 0. The fourth-order valence-electron chi connectivity index (χ4n) is 1.94. The highest BCUT2D eigenvalue weighted by atomic mass is 32.2. The first-order valence-electron chi connectivity index (χ1n) is 6.68. The molecule has 2 aromatic carbocycles. The maximum atomic E-state index is 5.55. The first-order chi connectivity index (χ1) is 9.33. The minimum absolute atomic E-state index is 0.119. The van der Waals surface area contributed by atoms with Crippen molar-refractivity contribution < 1.29 is 9.47 Å². The highest BCUT2D eigenvalue weighted by molar-refractivity contribution is 7.99. The Morgan fingerprint density at radius 1 is 0.947 bits per heavy atom. The molecule has 102 valence electrons. The Kier molecular flexibility index (Phi) is 5.70. The Morgan fingerprint density at radius 2 is 1.63 bits per heavy atom. The van der Waals surface area contributed by atoms with E-state index in [9.17, 15) is 0 Å². The van der Waals surface area contributed by atoms with Crippen molar-refractivity contribution in [2.45, 2.75) is 25.0 Å². The van der Waals surface area contributed by atoms with Gasteiger partial charge in [-0.05, 0) is 36.8 Å². The molecule has 0 aliphatic heterocycles. The van der Waals surface area contributed by atoms with E-state index in [1.54, 1.807) is 11.8 Å². The van der Waals surface area contributed by atoms with E-state index in [4.69, 9.17) is 9.47 Å². The first kappa shape index (κ1) is 14.4. The molecule has 0 N–H and O–H groups in total. The molecule has 0 saturated heterocycles. The van der Waals surface area contributed by atoms with Gasteiger partial charge in [0.25, 0.3) is 0 Å². The fourth-order valence-corrected chi connectivity index (χ4v) is 2.83. The maximum Gasteiger partial charge on any atom is 0.166 e. The number of hydrogen-bond acceptors (Lipinski definition) is 3. The lowest BCUT2D eigenvalue weighted by atomic mass is 10.1. The molecule has 0 aliphatic carbocycles. The molecule has 2 nitrogen and oxygen atoms in total. The van der Waals surface area contributed by atoms with Gasteiger partial charge in [-0.2, -0.15) is 0 Å². The molecule has 3 heteroatoms. The molecule has 0 amide bonds. The van der Waals surface area contributed by atoms with Gasteiger partial charge in [0.15, 0.2) is 6.29 Å². The van der Waals surface area contributed by atoms with Crippen LogP contribution in [0.25, 0.3) is 10.8 Å². The lowest BCUT2D eigenvalue weighted by molar-refractivity contribution is -0.120. The lowest BCUT2D eigenvalue weighted by Gasteiger charge is -2.16. The molecule has 2 aromatic rings. The molecule has 0 radical (unpaired) electrons. The smallest absolute Gasteiger partial charge is 0.166 e. The van der Waals surface area contributed by atoms with Gasteiger partial charge in [0.05, 0.1) is 0 Å². The topological polar surface area (TPSA) is 18.5 Å². The molecule has 19 heavy (non-hydrogen) atoms. The minimum Gasteiger partial charge on any atom is -0.352 e. The van der Waals surface area contributed by atoms with Gasteiger partial charge in [-0.3, -0.25) is 0 Å². The zero-order valence-electron chi connectivity index (χ0n) is 11.5. The second-order valence-corrected chi connectivity index (χ2v) is 5.25. The highest BCUT2D eigenvalue weighted by Gasteiger charge is 2.08. The van der Waals surface area contributed by atoms with E-state index in [-0.39, 0.29) is 6.29 Å². The van der Waals surface area contributed by atoms with E-state index in [0.717, 1.165) is 5.75 Å². The second-order valence-electron chi connectivity index (χ2n) is 4.16. The summed E-state index contributed by atoms with van der Waals surface area (Å²) in [7, 11) is 0. The highest BCUT2D eigenvalue weighted by Crippen LogP contribution is 2.24. The van der Waals surface area contributed by atoms with E-state index < -0.39 is 0 Å². The van der Waals surface area contributed by atoms with Crippen molar-refractivity contribution in [1.82, 2.24) is 0 Å². The number of rotatable bonds is 7. The van der Waals surface area contributed by atoms with Gasteiger partial charge in [0.2, 0.25) is 0 Å². The summed E-state index contributed by atoms with van der Waals surface area (Å²) in [6.07, 6.45) is -0.119. The van der Waals surface area contributed by atoms with Crippen LogP contribution in [-0.4, -0.2) is 25.3 Å². The van der Waals surface area contributed by atoms with Crippen molar-refractivity contribution in [3.8, 4) is 0 Å². The minimum atomic E-state index is -0.119. The average Bonchev–Trinajstić information content (AvgIpc) is 2.45. The van der Waals surface area contributed by atoms with E-state index >= 15 is 0 Å². The molecular formula is C16H20O2S. The summed E-state index contributed by atoms with van der Waals surface area (Å²) in [6.45, 7) is 5.35. The normalized spacial score (nSPS) is 11.3. The third-order valence-corrected chi connectivity index (χ3v) is 3.84. The zero-order valence-corrected chi connectivity index (χ0v) is 12.3. The number of fused-ring (bicyclic) bond motifs is 1. The molecule has 0 spiro atoms. The average molecular weight is 276 g/mol. The SMILES string of the molecule is CCOC(CSc1ccc2ccccc2c1)OCC. The second kappa shape index (κ2) is 7.53. The third kappa shape index (κ3) is 4.23. The van der Waals surface area contributed by atoms with E-state index in [2.05, 4.69) is 42.5 Å². The predicted octanol–water partition coefficient (Wildman–Crippen LogP) is 4.33. The molecule has 0 heterocycles. The van der Waals surface area contributed by atoms with Crippen LogP contribution in [0.1, 0.15) is 13.8 Å². The molecule has 0 unspecified atom stereocenters. The Labute approximate surface area is 119 Å². The number of thioether (sulfide) groups is 1. The predicted molar refractivity (Wildman–Crippen MR) is 81.7 cm³/mol. The first-order valence-corrected chi connectivity index (χ1v) is 7.66. The Balaban J connectivity index is 2.00. The number of ether oxygens (including phenoxy) is 2. The van der Waals surface area contributed by atoms with Crippen molar-refractivity contribution in [2.24, 2.45) is 0 Å². The van der Waals surface area contributed by atoms with Gasteiger partial charge in [0.1, 0.15) is 0 Å². The third-order valence-electron chi connectivity index (χ3n) is 2.81. The monoisotopic (exact) mass is 276 g/mol.